The Morgan fingerprint density at radius 2 is 1.94 bits per heavy atom. The molecule has 0 aliphatic carbocycles. The van der Waals surface area contributed by atoms with Crippen molar-refractivity contribution < 1.29 is 13.7 Å². The molecule has 1 atom stereocenters. The molecule has 1 unspecified atom stereocenters. The zero-order valence-corrected chi connectivity index (χ0v) is 18.6. The topological polar surface area (TPSA) is 71.3 Å². The molecule has 0 bridgehead atoms. The van der Waals surface area contributed by atoms with Crippen molar-refractivity contribution in [1.29, 1.82) is 0 Å². The molecular formula is C25H27FN4O2. The van der Waals surface area contributed by atoms with Gasteiger partial charge in [-0.1, -0.05) is 61.8 Å². The first-order chi connectivity index (χ1) is 15.5. The Balaban J connectivity index is 1.78. The summed E-state index contributed by atoms with van der Waals surface area (Å²) in [6.45, 7) is 6.62. The highest BCUT2D eigenvalue weighted by Crippen LogP contribution is 2.37. The molecule has 6 nitrogen and oxygen atoms in total. The van der Waals surface area contributed by atoms with E-state index in [-0.39, 0.29) is 11.8 Å². The third-order valence-corrected chi connectivity index (χ3v) is 5.79. The summed E-state index contributed by atoms with van der Waals surface area (Å²) in [7, 11) is 0. The van der Waals surface area contributed by atoms with E-state index < -0.39 is 6.04 Å². The van der Waals surface area contributed by atoms with Crippen molar-refractivity contribution in [3.05, 3.63) is 77.1 Å². The van der Waals surface area contributed by atoms with Crippen LogP contribution in [0, 0.1) is 5.82 Å². The first-order valence-electron chi connectivity index (χ1n) is 11.0. The van der Waals surface area contributed by atoms with Gasteiger partial charge in [0, 0.05) is 17.8 Å². The Kier molecular flexibility index (Phi) is 6.35. The Hall–Kier alpha value is -3.48. The summed E-state index contributed by atoms with van der Waals surface area (Å²) in [5.41, 5.74) is 4.10. The maximum atomic E-state index is 14.0. The highest BCUT2D eigenvalue weighted by atomic mass is 19.1. The minimum atomic E-state index is -0.591. The normalized spacial score (nSPS) is 16.4. The maximum absolute atomic E-state index is 14.0. The standard InChI is InChI=1S/C25H27FN4O2/c1-4-6-14-30-16(3)21(22(27-25(30)31)19-8-7-9-20(26)15-19)24-28-23(29-32-24)18-12-10-17(5-2)11-13-18/h7-13,15,22H,4-6,14H2,1-3H3,(H,27,31). The third kappa shape index (κ3) is 4.28. The van der Waals surface area contributed by atoms with Gasteiger partial charge in [-0.2, -0.15) is 4.98 Å². The van der Waals surface area contributed by atoms with E-state index in [0.29, 0.717) is 29.4 Å². The second-order valence-electron chi connectivity index (χ2n) is 7.92. The van der Waals surface area contributed by atoms with Crippen LogP contribution < -0.4 is 5.32 Å². The van der Waals surface area contributed by atoms with Crippen molar-refractivity contribution >= 4 is 11.6 Å². The molecule has 0 saturated heterocycles. The number of nitrogens with one attached hydrogen (secondary N) is 1. The SMILES string of the molecule is CCCCN1C(=O)NC(c2cccc(F)c2)C(c2nc(-c3ccc(CC)cc3)no2)=C1C. The lowest BCUT2D eigenvalue weighted by Crippen LogP contribution is -2.46. The van der Waals surface area contributed by atoms with Crippen LogP contribution in [-0.2, 0) is 6.42 Å². The molecule has 1 aliphatic heterocycles. The van der Waals surface area contributed by atoms with Crippen molar-refractivity contribution in [2.75, 3.05) is 6.54 Å². The van der Waals surface area contributed by atoms with Crippen molar-refractivity contribution in [1.82, 2.24) is 20.4 Å². The van der Waals surface area contributed by atoms with Crippen molar-refractivity contribution in [3.8, 4) is 11.4 Å². The molecule has 0 radical (unpaired) electrons. The highest BCUT2D eigenvalue weighted by molar-refractivity contribution is 5.86. The molecule has 32 heavy (non-hydrogen) atoms. The molecule has 1 aliphatic rings. The van der Waals surface area contributed by atoms with Crippen molar-refractivity contribution in [2.24, 2.45) is 0 Å². The number of aromatic nitrogens is 2. The highest BCUT2D eigenvalue weighted by Gasteiger charge is 2.35. The number of urea groups is 1. The van der Waals surface area contributed by atoms with Crippen LogP contribution in [0.3, 0.4) is 0 Å². The number of benzene rings is 2. The third-order valence-electron chi connectivity index (χ3n) is 5.79. The van der Waals surface area contributed by atoms with Gasteiger partial charge in [0.25, 0.3) is 5.89 Å². The predicted octanol–water partition coefficient (Wildman–Crippen LogP) is 5.74. The van der Waals surface area contributed by atoms with Gasteiger partial charge in [-0.15, -0.1) is 0 Å². The van der Waals surface area contributed by atoms with Gasteiger partial charge < -0.3 is 9.84 Å². The van der Waals surface area contributed by atoms with Crippen LogP contribution in [0.25, 0.3) is 17.0 Å². The summed E-state index contributed by atoms with van der Waals surface area (Å²) in [4.78, 5) is 19.2. The number of carbonyl (C=O) groups excluding carboxylic acids is 1. The summed E-state index contributed by atoms with van der Waals surface area (Å²) in [6, 6.07) is 13.4. The van der Waals surface area contributed by atoms with Gasteiger partial charge in [0.2, 0.25) is 5.82 Å². The minimum absolute atomic E-state index is 0.219. The van der Waals surface area contributed by atoms with Crippen molar-refractivity contribution in [2.45, 2.75) is 46.1 Å². The quantitative estimate of drug-likeness (QED) is 0.515. The van der Waals surface area contributed by atoms with E-state index in [1.165, 1.54) is 17.7 Å². The molecule has 4 rings (SSSR count). The van der Waals surface area contributed by atoms with Gasteiger partial charge in [0.1, 0.15) is 5.82 Å². The number of allylic oxidation sites excluding steroid dienone is 1. The minimum Gasteiger partial charge on any atom is -0.334 e. The number of rotatable bonds is 7. The molecule has 0 spiro atoms. The van der Waals surface area contributed by atoms with E-state index in [4.69, 9.17) is 4.52 Å². The number of aryl methyl sites for hydroxylation is 1. The molecule has 7 heteroatoms. The Bertz CT molecular complexity index is 1140. The fourth-order valence-corrected chi connectivity index (χ4v) is 3.92. The maximum Gasteiger partial charge on any atom is 0.322 e. The van der Waals surface area contributed by atoms with E-state index in [1.54, 1.807) is 17.0 Å². The zero-order valence-electron chi connectivity index (χ0n) is 18.6. The molecule has 2 amide bonds. The Morgan fingerprint density at radius 1 is 1.16 bits per heavy atom. The van der Waals surface area contributed by atoms with E-state index in [9.17, 15) is 9.18 Å². The van der Waals surface area contributed by atoms with Gasteiger partial charge in [0.15, 0.2) is 0 Å². The fourth-order valence-electron chi connectivity index (χ4n) is 3.92. The van der Waals surface area contributed by atoms with Crippen LogP contribution in [0.4, 0.5) is 9.18 Å². The monoisotopic (exact) mass is 434 g/mol. The number of hydrogen-bond donors (Lipinski definition) is 1. The van der Waals surface area contributed by atoms with Crippen molar-refractivity contribution in [3.63, 3.8) is 0 Å². The predicted molar refractivity (Wildman–Crippen MR) is 121 cm³/mol. The lowest BCUT2D eigenvalue weighted by molar-refractivity contribution is 0.204. The number of halogens is 1. The van der Waals surface area contributed by atoms with Gasteiger partial charge in [-0.25, -0.2) is 9.18 Å². The summed E-state index contributed by atoms with van der Waals surface area (Å²) >= 11 is 0. The van der Waals surface area contributed by atoms with Gasteiger partial charge in [0.05, 0.1) is 11.6 Å². The molecule has 2 aromatic carbocycles. The largest absolute Gasteiger partial charge is 0.334 e. The second kappa shape index (κ2) is 9.34. The van der Waals surface area contributed by atoms with Crippen LogP contribution in [-0.4, -0.2) is 27.6 Å². The molecule has 2 heterocycles. The van der Waals surface area contributed by atoms with E-state index in [0.717, 1.165) is 30.5 Å². The number of nitrogens with zero attached hydrogens (tertiary/aromatic N) is 3. The van der Waals surface area contributed by atoms with Crippen LogP contribution in [0.2, 0.25) is 0 Å². The number of unbranched alkanes of at least 4 members (excludes halogenated alkanes) is 1. The Labute approximate surface area is 187 Å². The van der Waals surface area contributed by atoms with E-state index in [2.05, 4.69) is 29.3 Å². The van der Waals surface area contributed by atoms with Gasteiger partial charge >= 0.3 is 6.03 Å². The lowest BCUT2D eigenvalue weighted by atomic mass is 9.94. The number of amides is 2. The molecule has 1 aromatic heterocycles. The van der Waals surface area contributed by atoms with E-state index >= 15 is 0 Å². The molecule has 1 N–H and O–H groups in total. The number of hydrogen-bond acceptors (Lipinski definition) is 4. The van der Waals surface area contributed by atoms with Crippen LogP contribution in [0.15, 0.2) is 58.8 Å². The summed E-state index contributed by atoms with van der Waals surface area (Å²) in [5, 5.41) is 7.17. The smallest absolute Gasteiger partial charge is 0.322 e. The summed E-state index contributed by atoms with van der Waals surface area (Å²) in [5.74, 6) is 0.412. The van der Waals surface area contributed by atoms with Crippen LogP contribution in [0.5, 0.6) is 0 Å². The summed E-state index contributed by atoms with van der Waals surface area (Å²) < 4.78 is 19.7. The van der Waals surface area contributed by atoms with Gasteiger partial charge in [-0.05, 0) is 43.0 Å². The molecule has 3 aromatic rings. The van der Waals surface area contributed by atoms with E-state index in [1.807, 2.05) is 31.2 Å². The van der Waals surface area contributed by atoms with Crippen LogP contribution in [0.1, 0.15) is 56.7 Å². The molecule has 0 fully saturated rings. The fraction of sp³-hybridized carbons (Fsp3) is 0.320. The first kappa shape index (κ1) is 21.7. The molecule has 0 saturated carbocycles. The molecular weight excluding hydrogens is 407 g/mol. The molecule has 166 valence electrons. The second-order valence-corrected chi connectivity index (χ2v) is 7.92. The lowest BCUT2D eigenvalue weighted by Gasteiger charge is -2.35. The van der Waals surface area contributed by atoms with Gasteiger partial charge in [-0.3, -0.25) is 4.90 Å². The number of carbonyl (C=O) groups is 1. The van der Waals surface area contributed by atoms with Crippen LogP contribution >= 0.6 is 0 Å². The average Bonchev–Trinajstić information content (AvgIpc) is 3.28. The average molecular weight is 435 g/mol. The first-order valence-corrected chi connectivity index (χ1v) is 11.0. The zero-order chi connectivity index (χ0) is 22.7. The Morgan fingerprint density at radius 3 is 2.62 bits per heavy atom. The summed E-state index contributed by atoms with van der Waals surface area (Å²) in [6.07, 6.45) is 2.77.